The quantitative estimate of drug-likeness (QED) is 0.552. The van der Waals surface area contributed by atoms with Crippen molar-refractivity contribution in [3.05, 3.63) is 63.9 Å². The molecule has 0 aromatic heterocycles. The third kappa shape index (κ3) is 6.44. The summed E-state index contributed by atoms with van der Waals surface area (Å²) in [6.45, 7) is 3.67. The lowest BCUT2D eigenvalue weighted by molar-refractivity contribution is 0.0549. The number of benzene rings is 2. The molecule has 1 saturated heterocycles. The van der Waals surface area contributed by atoms with Gasteiger partial charge in [0.05, 0.1) is 16.6 Å². The van der Waals surface area contributed by atoms with Crippen LogP contribution in [0, 0.1) is 5.82 Å². The Morgan fingerprint density at radius 3 is 2.70 bits per heavy atom. The summed E-state index contributed by atoms with van der Waals surface area (Å²) in [6, 6.07) is 12.3. The third-order valence-electron chi connectivity index (χ3n) is 5.05. The van der Waals surface area contributed by atoms with E-state index in [1.54, 1.807) is 7.11 Å². The number of ether oxygens (including phenoxy) is 2. The van der Waals surface area contributed by atoms with Gasteiger partial charge in [0.2, 0.25) is 0 Å². The Kier molecular flexibility index (Phi) is 8.56. The lowest BCUT2D eigenvalue weighted by Gasteiger charge is -2.35. The van der Waals surface area contributed by atoms with E-state index in [1.165, 1.54) is 5.56 Å². The molecule has 0 radical (unpaired) electrons. The second-order valence-electron chi connectivity index (χ2n) is 7.41. The lowest BCUT2D eigenvalue weighted by Crippen LogP contribution is -2.52. The van der Waals surface area contributed by atoms with Crippen LogP contribution in [0.3, 0.4) is 0 Å². The zero-order valence-corrected chi connectivity index (χ0v) is 18.4. The van der Waals surface area contributed by atoms with Gasteiger partial charge in [-0.2, -0.15) is 0 Å². The topological polar surface area (TPSA) is 33.7 Å². The van der Waals surface area contributed by atoms with Gasteiger partial charge in [0.25, 0.3) is 6.43 Å². The van der Waals surface area contributed by atoms with Crippen LogP contribution in [0.5, 0.6) is 5.75 Å². The predicted molar refractivity (Wildman–Crippen MR) is 113 cm³/mol. The number of piperazine rings is 1. The number of alkyl halides is 2. The van der Waals surface area contributed by atoms with Crippen LogP contribution < -0.4 is 10.1 Å². The first-order valence-corrected chi connectivity index (χ1v) is 10.7. The summed E-state index contributed by atoms with van der Waals surface area (Å²) in [5, 5.41) is 3.47. The van der Waals surface area contributed by atoms with Crippen molar-refractivity contribution < 1.29 is 22.6 Å². The minimum atomic E-state index is -2.84. The molecule has 0 amide bonds. The van der Waals surface area contributed by atoms with Crippen molar-refractivity contribution in [2.45, 2.75) is 31.5 Å². The molecule has 1 fully saturated rings. The van der Waals surface area contributed by atoms with Gasteiger partial charge in [-0.05, 0) is 33.6 Å². The molecule has 0 spiro atoms. The molecule has 0 saturated carbocycles. The largest absolute Gasteiger partial charge is 0.486 e. The van der Waals surface area contributed by atoms with E-state index >= 15 is 0 Å². The zero-order chi connectivity index (χ0) is 21.5. The van der Waals surface area contributed by atoms with Gasteiger partial charge in [0.1, 0.15) is 17.7 Å². The Morgan fingerprint density at radius 1 is 1.23 bits per heavy atom. The number of hydrogen-bond acceptors (Lipinski definition) is 4. The average Bonchev–Trinajstić information content (AvgIpc) is 2.71. The first kappa shape index (κ1) is 23.1. The van der Waals surface area contributed by atoms with Crippen LogP contribution in [0.2, 0.25) is 0 Å². The summed E-state index contributed by atoms with van der Waals surface area (Å²) in [5.41, 5.74) is 0.782. The Hall–Kier alpha value is -1.61. The maximum atomic E-state index is 13.6. The number of halogens is 4. The molecule has 8 heteroatoms. The molecule has 1 unspecified atom stereocenters. The van der Waals surface area contributed by atoms with E-state index in [2.05, 4.69) is 38.3 Å². The van der Waals surface area contributed by atoms with E-state index in [0.717, 1.165) is 38.3 Å². The number of nitrogens with one attached hydrogen (secondary N) is 1. The first-order valence-electron chi connectivity index (χ1n) is 9.88. The van der Waals surface area contributed by atoms with Crippen molar-refractivity contribution >= 4 is 15.9 Å². The molecule has 1 aliphatic heterocycles. The van der Waals surface area contributed by atoms with Crippen LogP contribution in [-0.4, -0.2) is 50.4 Å². The van der Waals surface area contributed by atoms with E-state index < -0.39 is 23.9 Å². The Labute approximate surface area is 183 Å². The summed E-state index contributed by atoms with van der Waals surface area (Å²) in [5.74, 6) is -0.774. The predicted octanol–water partition coefficient (Wildman–Crippen LogP) is 4.78. The molecule has 2 atom stereocenters. The minimum Gasteiger partial charge on any atom is -0.486 e. The number of rotatable bonds is 9. The highest BCUT2D eigenvalue weighted by Gasteiger charge is 2.26. The molecule has 2 aromatic carbocycles. The molecular formula is C22H26BrF3N2O2. The van der Waals surface area contributed by atoms with Crippen molar-refractivity contribution in [3.63, 3.8) is 0 Å². The average molecular weight is 487 g/mol. The van der Waals surface area contributed by atoms with Crippen LogP contribution in [0.25, 0.3) is 0 Å². The van der Waals surface area contributed by atoms with Gasteiger partial charge < -0.3 is 14.8 Å². The fourth-order valence-electron chi connectivity index (χ4n) is 3.72. The van der Waals surface area contributed by atoms with Crippen molar-refractivity contribution in [1.82, 2.24) is 10.2 Å². The summed E-state index contributed by atoms with van der Waals surface area (Å²) in [6.07, 6.45) is -2.72. The Balaban J connectivity index is 1.67. The normalized spacial score (nSPS) is 18.5. The molecule has 3 rings (SSSR count). The number of nitrogens with zero attached hydrogens (tertiary/aromatic N) is 1. The molecular weight excluding hydrogens is 461 g/mol. The highest BCUT2D eigenvalue weighted by molar-refractivity contribution is 9.10. The lowest BCUT2D eigenvalue weighted by atomic mass is 10.1. The first-order chi connectivity index (χ1) is 14.5. The van der Waals surface area contributed by atoms with Crippen molar-refractivity contribution in [2.24, 2.45) is 0 Å². The molecule has 30 heavy (non-hydrogen) atoms. The van der Waals surface area contributed by atoms with Gasteiger partial charge >= 0.3 is 0 Å². The molecule has 4 nitrogen and oxygen atoms in total. The second-order valence-corrected chi connectivity index (χ2v) is 8.26. The van der Waals surface area contributed by atoms with Gasteiger partial charge in [0.15, 0.2) is 0 Å². The fraction of sp³-hybridized carbons (Fsp3) is 0.455. The van der Waals surface area contributed by atoms with E-state index in [-0.39, 0.29) is 22.9 Å². The van der Waals surface area contributed by atoms with E-state index in [9.17, 15) is 13.2 Å². The SMILES string of the molecule is COC[C@H](CC1CN(Cc2ccccc2)CCN1)Oc1c(Br)cc(F)cc1C(F)F. The van der Waals surface area contributed by atoms with Crippen LogP contribution in [0.4, 0.5) is 13.2 Å². The molecule has 0 bridgehead atoms. The monoisotopic (exact) mass is 486 g/mol. The van der Waals surface area contributed by atoms with Gasteiger partial charge in [-0.15, -0.1) is 0 Å². The van der Waals surface area contributed by atoms with Gasteiger partial charge in [0, 0.05) is 45.8 Å². The molecule has 0 aliphatic carbocycles. The number of hydrogen-bond donors (Lipinski definition) is 1. The van der Waals surface area contributed by atoms with Crippen molar-refractivity contribution in [3.8, 4) is 5.75 Å². The van der Waals surface area contributed by atoms with Crippen LogP contribution in [-0.2, 0) is 11.3 Å². The Morgan fingerprint density at radius 2 is 2.00 bits per heavy atom. The molecule has 2 aromatic rings. The van der Waals surface area contributed by atoms with Crippen LogP contribution in [0.15, 0.2) is 46.9 Å². The summed E-state index contributed by atoms with van der Waals surface area (Å²) >= 11 is 3.15. The summed E-state index contributed by atoms with van der Waals surface area (Å²) in [4.78, 5) is 2.36. The summed E-state index contributed by atoms with van der Waals surface area (Å²) in [7, 11) is 1.54. The molecule has 1 aliphatic rings. The Bertz CT molecular complexity index is 810. The van der Waals surface area contributed by atoms with Crippen LogP contribution in [0.1, 0.15) is 24.0 Å². The van der Waals surface area contributed by atoms with Gasteiger partial charge in [-0.3, -0.25) is 4.90 Å². The summed E-state index contributed by atoms with van der Waals surface area (Å²) < 4.78 is 51.8. The molecule has 164 valence electrons. The maximum absolute atomic E-state index is 13.6. The maximum Gasteiger partial charge on any atom is 0.267 e. The highest BCUT2D eigenvalue weighted by atomic mass is 79.9. The highest BCUT2D eigenvalue weighted by Crippen LogP contribution is 2.37. The second kappa shape index (κ2) is 11.1. The van der Waals surface area contributed by atoms with E-state index in [0.29, 0.717) is 6.42 Å². The van der Waals surface area contributed by atoms with Gasteiger partial charge in [-0.1, -0.05) is 30.3 Å². The third-order valence-corrected chi connectivity index (χ3v) is 5.63. The smallest absolute Gasteiger partial charge is 0.267 e. The van der Waals surface area contributed by atoms with Crippen LogP contribution >= 0.6 is 15.9 Å². The standard InChI is InChI=1S/C22H26BrF3N2O2/c1-29-14-18(30-21-19(22(25)26)9-16(24)10-20(21)23)11-17-13-28(8-7-27-17)12-15-5-3-2-4-6-15/h2-6,9-10,17-18,22,27H,7-8,11-14H2,1H3/t17?,18-/m0/s1. The molecule has 1 heterocycles. The van der Waals surface area contributed by atoms with Gasteiger partial charge in [-0.25, -0.2) is 13.2 Å². The van der Waals surface area contributed by atoms with E-state index in [4.69, 9.17) is 9.47 Å². The van der Waals surface area contributed by atoms with Crippen molar-refractivity contribution in [1.29, 1.82) is 0 Å². The fourth-order valence-corrected chi connectivity index (χ4v) is 4.27. The minimum absolute atomic E-state index is 0.0367. The van der Waals surface area contributed by atoms with E-state index in [1.807, 2.05) is 18.2 Å². The van der Waals surface area contributed by atoms with Crippen molar-refractivity contribution in [2.75, 3.05) is 33.4 Å². The zero-order valence-electron chi connectivity index (χ0n) is 16.8. The molecule has 1 N–H and O–H groups in total. The number of methoxy groups -OCH3 is 1.